The van der Waals surface area contributed by atoms with Gasteiger partial charge >= 0.3 is 0 Å². The molecule has 0 N–H and O–H groups in total. The van der Waals surface area contributed by atoms with Gasteiger partial charge in [-0.2, -0.15) is 0 Å². The highest BCUT2D eigenvalue weighted by molar-refractivity contribution is 5.63. The van der Waals surface area contributed by atoms with Gasteiger partial charge in [-0.1, -0.05) is 45.0 Å². The van der Waals surface area contributed by atoms with E-state index in [1.807, 2.05) is 6.20 Å². The van der Waals surface area contributed by atoms with Crippen LogP contribution in [0.25, 0.3) is 11.3 Å². The van der Waals surface area contributed by atoms with Gasteiger partial charge in [0.2, 0.25) is 0 Å². The number of benzene rings is 1. The Bertz CT molecular complexity index is 535. The summed E-state index contributed by atoms with van der Waals surface area (Å²) in [7, 11) is 0. The van der Waals surface area contributed by atoms with Crippen molar-refractivity contribution < 1.29 is 0 Å². The Hall–Kier alpha value is -1.63. The first-order valence-corrected chi connectivity index (χ1v) is 6.47. The van der Waals surface area contributed by atoms with Crippen LogP contribution in [0, 0.1) is 12.3 Å². The molecule has 0 amide bonds. The minimum absolute atomic E-state index is 0.310. The maximum absolute atomic E-state index is 4.50. The Labute approximate surface area is 110 Å². The number of hydrogen-bond donors (Lipinski definition) is 0. The molecule has 0 saturated heterocycles. The van der Waals surface area contributed by atoms with E-state index in [9.17, 15) is 0 Å². The van der Waals surface area contributed by atoms with Gasteiger partial charge in [-0.15, -0.1) is 0 Å². The largest absolute Gasteiger partial charge is 0.256 e. The van der Waals surface area contributed by atoms with Gasteiger partial charge in [0.05, 0.1) is 5.69 Å². The molecular weight excluding hydrogens is 218 g/mol. The third kappa shape index (κ3) is 3.19. The second kappa shape index (κ2) is 4.93. The lowest BCUT2D eigenvalue weighted by Crippen LogP contribution is -2.09. The zero-order valence-electron chi connectivity index (χ0n) is 11.7. The highest BCUT2D eigenvalue weighted by Gasteiger charge is 2.12. The summed E-state index contributed by atoms with van der Waals surface area (Å²) in [5.74, 6) is 0. The van der Waals surface area contributed by atoms with Gasteiger partial charge in [0.15, 0.2) is 0 Å². The van der Waals surface area contributed by atoms with E-state index in [1.54, 1.807) is 0 Å². The van der Waals surface area contributed by atoms with Gasteiger partial charge in [0.25, 0.3) is 0 Å². The van der Waals surface area contributed by atoms with E-state index in [2.05, 4.69) is 69.1 Å². The van der Waals surface area contributed by atoms with Crippen molar-refractivity contribution in [1.29, 1.82) is 0 Å². The smallest absolute Gasteiger partial charge is 0.0707 e. The van der Waals surface area contributed by atoms with Gasteiger partial charge in [0, 0.05) is 11.8 Å². The fourth-order valence-electron chi connectivity index (χ4n) is 2.20. The van der Waals surface area contributed by atoms with Crippen molar-refractivity contribution in [1.82, 2.24) is 4.98 Å². The minimum Gasteiger partial charge on any atom is -0.256 e. The molecule has 0 aliphatic rings. The van der Waals surface area contributed by atoms with Gasteiger partial charge < -0.3 is 0 Å². The topological polar surface area (TPSA) is 12.9 Å². The molecule has 18 heavy (non-hydrogen) atoms. The molecule has 2 rings (SSSR count). The molecule has 0 atom stereocenters. The Morgan fingerprint density at radius 1 is 1.06 bits per heavy atom. The number of pyridine rings is 1. The van der Waals surface area contributed by atoms with Crippen LogP contribution in [-0.4, -0.2) is 4.98 Å². The van der Waals surface area contributed by atoms with Crippen LogP contribution in [0.2, 0.25) is 0 Å². The molecule has 1 aromatic carbocycles. The molecule has 0 aliphatic carbocycles. The molecular formula is C17H21N. The summed E-state index contributed by atoms with van der Waals surface area (Å²) >= 11 is 0. The van der Waals surface area contributed by atoms with E-state index in [1.165, 1.54) is 16.7 Å². The third-order valence-electron chi connectivity index (χ3n) is 2.98. The van der Waals surface area contributed by atoms with Gasteiger partial charge in [-0.05, 0) is 42.0 Å². The predicted octanol–water partition coefficient (Wildman–Crippen LogP) is 4.65. The molecule has 0 unspecified atom stereocenters. The van der Waals surface area contributed by atoms with Crippen LogP contribution in [0.4, 0.5) is 0 Å². The normalized spacial score (nSPS) is 11.6. The Kier molecular flexibility index (Phi) is 3.51. The first-order valence-electron chi connectivity index (χ1n) is 6.47. The second-order valence-corrected chi connectivity index (χ2v) is 6.10. The molecule has 0 spiro atoms. The monoisotopic (exact) mass is 239 g/mol. The molecule has 0 saturated carbocycles. The van der Waals surface area contributed by atoms with E-state index in [4.69, 9.17) is 0 Å². The molecule has 94 valence electrons. The van der Waals surface area contributed by atoms with Crippen molar-refractivity contribution in [2.75, 3.05) is 0 Å². The highest BCUT2D eigenvalue weighted by atomic mass is 14.7. The number of rotatable bonds is 2. The lowest BCUT2D eigenvalue weighted by Gasteiger charge is -2.18. The van der Waals surface area contributed by atoms with Crippen molar-refractivity contribution >= 4 is 0 Å². The van der Waals surface area contributed by atoms with E-state index >= 15 is 0 Å². The van der Waals surface area contributed by atoms with E-state index in [0.29, 0.717) is 5.41 Å². The summed E-state index contributed by atoms with van der Waals surface area (Å²) in [5.41, 5.74) is 5.25. The van der Waals surface area contributed by atoms with Crippen LogP contribution < -0.4 is 0 Å². The molecule has 1 nitrogen and oxygen atoms in total. The van der Waals surface area contributed by atoms with Crippen molar-refractivity contribution in [3.63, 3.8) is 0 Å². The molecule has 1 heterocycles. The van der Waals surface area contributed by atoms with Crippen LogP contribution in [0.3, 0.4) is 0 Å². The van der Waals surface area contributed by atoms with Crippen LogP contribution in [0.5, 0.6) is 0 Å². The average Bonchev–Trinajstić information content (AvgIpc) is 2.27. The Morgan fingerprint density at radius 2 is 1.78 bits per heavy atom. The Morgan fingerprint density at radius 3 is 2.44 bits per heavy atom. The van der Waals surface area contributed by atoms with Gasteiger partial charge in [0.1, 0.15) is 0 Å². The molecule has 0 radical (unpaired) electrons. The molecule has 0 aliphatic heterocycles. The molecule has 2 aromatic rings. The van der Waals surface area contributed by atoms with Crippen LogP contribution >= 0.6 is 0 Å². The first kappa shape index (κ1) is 12.8. The van der Waals surface area contributed by atoms with Crippen molar-refractivity contribution in [2.45, 2.75) is 34.1 Å². The summed E-state index contributed by atoms with van der Waals surface area (Å²) < 4.78 is 0. The van der Waals surface area contributed by atoms with Crippen molar-refractivity contribution in [2.24, 2.45) is 5.41 Å². The zero-order valence-corrected chi connectivity index (χ0v) is 11.7. The molecule has 1 aromatic heterocycles. The minimum atomic E-state index is 0.310. The lowest BCUT2D eigenvalue weighted by atomic mass is 9.88. The maximum atomic E-state index is 4.50. The number of aryl methyl sites for hydroxylation is 1. The molecule has 0 fully saturated rings. The zero-order chi connectivity index (χ0) is 13.2. The fourth-order valence-corrected chi connectivity index (χ4v) is 2.20. The van der Waals surface area contributed by atoms with E-state index in [0.717, 1.165) is 12.1 Å². The number of aromatic nitrogens is 1. The SMILES string of the molecule is Cc1ccccc1-c1cc(CC(C)(C)C)ccn1. The summed E-state index contributed by atoms with van der Waals surface area (Å²) in [6.45, 7) is 8.93. The predicted molar refractivity (Wildman–Crippen MR) is 77.6 cm³/mol. The summed E-state index contributed by atoms with van der Waals surface area (Å²) in [5, 5.41) is 0. The van der Waals surface area contributed by atoms with Gasteiger partial charge in [-0.25, -0.2) is 0 Å². The second-order valence-electron chi connectivity index (χ2n) is 6.10. The standard InChI is InChI=1S/C17H21N/c1-13-7-5-6-8-15(13)16-11-14(9-10-18-16)12-17(2,3)4/h5-11H,12H2,1-4H3. The molecule has 0 bridgehead atoms. The first-order chi connectivity index (χ1) is 8.46. The number of nitrogens with zero attached hydrogens (tertiary/aromatic N) is 1. The fraction of sp³-hybridized carbons (Fsp3) is 0.353. The van der Waals surface area contributed by atoms with Crippen molar-refractivity contribution in [3.8, 4) is 11.3 Å². The average molecular weight is 239 g/mol. The summed E-state index contributed by atoms with van der Waals surface area (Å²) in [6.07, 6.45) is 3.00. The third-order valence-corrected chi connectivity index (χ3v) is 2.98. The van der Waals surface area contributed by atoms with Crippen LogP contribution in [-0.2, 0) is 6.42 Å². The Balaban J connectivity index is 2.36. The maximum Gasteiger partial charge on any atom is 0.0707 e. The van der Waals surface area contributed by atoms with Crippen LogP contribution in [0.15, 0.2) is 42.6 Å². The molecule has 1 heteroatoms. The lowest BCUT2D eigenvalue weighted by molar-refractivity contribution is 0.411. The quantitative estimate of drug-likeness (QED) is 0.743. The van der Waals surface area contributed by atoms with E-state index < -0.39 is 0 Å². The van der Waals surface area contributed by atoms with Crippen LogP contribution in [0.1, 0.15) is 31.9 Å². The highest BCUT2D eigenvalue weighted by Crippen LogP contribution is 2.25. The summed E-state index contributed by atoms with van der Waals surface area (Å²) in [6, 6.07) is 12.7. The van der Waals surface area contributed by atoms with E-state index in [-0.39, 0.29) is 0 Å². The summed E-state index contributed by atoms with van der Waals surface area (Å²) in [4.78, 5) is 4.50. The van der Waals surface area contributed by atoms with Gasteiger partial charge in [-0.3, -0.25) is 4.98 Å². The number of hydrogen-bond acceptors (Lipinski definition) is 1. The van der Waals surface area contributed by atoms with Crippen molar-refractivity contribution in [3.05, 3.63) is 53.7 Å².